The Morgan fingerprint density at radius 3 is 2.10 bits per heavy atom. The molecule has 2 rings (SSSR count). The van der Waals surface area contributed by atoms with Gasteiger partial charge in [0.2, 0.25) is 0 Å². The molecule has 0 fully saturated rings. The third-order valence-electron chi connectivity index (χ3n) is 3.63. The molecule has 0 amide bonds. The quantitative estimate of drug-likeness (QED) is 0.841. The molecule has 0 radical (unpaired) electrons. The van der Waals surface area contributed by atoms with Gasteiger partial charge in [-0.15, -0.1) is 0 Å². The van der Waals surface area contributed by atoms with E-state index in [-0.39, 0.29) is 5.78 Å². The van der Waals surface area contributed by atoms with E-state index in [2.05, 4.69) is 0 Å². The summed E-state index contributed by atoms with van der Waals surface area (Å²) < 4.78 is 0. The van der Waals surface area contributed by atoms with Gasteiger partial charge < -0.3 is 5.11 Å². The fourth-order valence-electron chi connectivity index (χ4n) is 2.10. The van der Waals surface area contributed by atoms with Crippen molar-refractivity contribution >= 4 is 11.9 Å². The van der Waals surface area contributed by atoms with Crippen molar-refractivity contribution in [3.63, 3.8) is 0 Å². The lowest BCUT2D eigenvalue weighted by Gasteiger charge is -2.27. The minimum atomic E-state index is -0.868. The lowest BCUT2D eigenvalue weighted by Crippen LogP contribution is -2.36. The Balaban J connectivity index is 2.15. The van der Waals surface area contributed by atoms with Gasteiger partial charge in [-0.2, -0.15) is 0 Å². The summed E-state index contributed by atoms with van der Waals surface area (Å²) in [6.07, 6.45) is 2.67. The van der Waals surface area contributed by atoms with Crippen molar-refractivity contribution in [2.75, 3.05) is 0 Å². The van der Waals surface area contributed by atoms with Crippen LogP contribution >= 0.6 is 0 Å². The van der Waals surface area contributed by atoms with Crippen molar-refractivity contribution in [2.45, 2.75) is 20.0 Å². The lowest BCUT2D eigenvalue weighted by atomic mass is 9.79. The van der Waals surface area contributed by atoms with E-state index >= 15 is 0 Å². The van der Waals surface area contributed by atoms with Crippen LogP contribution in [0.25, 0.3) is 6.08 Å². The molecule has 0 aromatic heterocycles. The van der Waals surface area contributed by atoms with Gasteiger partial charge in [-0.25, -0.2) is 0 Å². The second kappa shape index (κ2) is 6.51. The van der Waals surface area contributed by atoms with Crippen LogP contribution in [0.3, 0.4) is 0 Å². The SMILES string of the molecule is CC(C)(C(=O)c1ccccc1)[C@@H](O)/C=C/c1ccccc1. The first-order valence-electron chi connectivity index (χ1n) is 7.03. The molecule has 0 saturated carbocycles. The molecule has 2 nitrogen and oxygen atoms in total. The van der Waals surface area contributed by atoms with Crippen LogP contribution < -0.4 is 0 Å². The number of carbonyl (C=O) groups excluding carboxylic acids is 1. The Morgan fingerprint density at radius 2 is 1.52 bits per heavy atom. The van der Waals surface area contributed by atoms with Crippen LogP contribution in [-0.4, -0.2) is 17.0 Å². The predicted molar refractivity (Wildman–Crippen MR) is 86.0 cm³/mol. The highest BCUT2D eigenvalue weighted by atomic mass is 16.3. The van der Waals surface area contributed by atoms with Crippen LogP contribution in [0.2, 0.25) is 0 Å². The first-order valence-corrected chi connectivity index (χ1v) is 7.03. The van der Waals surface area contributed by atoms with Gasteiger partial charge in [-0.05, 0) is 19.4 Å². The summed E-state index contributed by atoms with van der Waals surface area (Å²) in [5, 5.41) is 10.4. The summed E-state index contributed by atoms with van der Waals surface area (Å²) in [5.41, 5.74) is 0.751. The Kier molecular flexibility index (Phi) is 4.71. The van der Waals surface area contributed by atoms with Crippen molar-refractivity contribution in [3.8, 4) is 0 Å². The van der Waals surface area contributed by atoms with Crippen molar-refractivity contribution in [1.29, 1.82) is 0 Å². The second-order valence-corrected chi connectivity index (χ2v) is 5.63. The molecule has 1 atom stereocenters. The summed E-state index contributed by atoms with van der Waals surface area (Å²) in [7, 11) is 0. The van der Waals surface area contributed by atoms with Gasteiger partial charge in [0, 0.05) is 5.56 Å². The van der Waals surface area contributed by atoms with Crippen molar-refractivity contribution < 1.29 is 9.90 Å². The molecule has 0 saturated heterocycles. The zero-order chi connectivity index (χ0) is 15.3. The highest BCUT2D eigenvalue weighted by Crippen LogP contribution is 2.27. The molecule has 2 aromatic carbocycles. The minimum absolute atomic E-state index is 0.0617. The summed E-state index contributed by atoms with van der Waals surface area (Å²) in [4.78, 5) is 12.5. The van der Waals surface area contributed by atoms with Crippen LogP contribution in [0.4, 0.5) is 0 Å². The van der Waals surface area contributed by atoms with Crippen LogP contribution in [-0.2, 0) is 0 Å². The average molecular weight is 280 g/mol. The molecule has 21 heavy (non-hydrogen) atoms. The summed E-state index contributed by atoms with van der Waals surface area (Å²) in [5.74, 6) is -0.0617. The van der Waals surface area contributed by atoms with Gasteiger partial charge in [-0.1, -0.05) is 72.8 Å². The smallest absolute Gasteiger partial charge is 0.171 e. The van der Waals surface area contributed by atoms with Gasteiger partial charge in [0.15, 0.2) is 5.78 Å². The highest BCUT2D eigenvalue weighted by Gasteiger charge is 2.34. The lowest BCUT2D eigenvalue weighted by molar-refractivity contribution is 0.0568. The van der Waals surface area contributed by atoms with E-state index in [1.807, 2.05) is 54.6 Å². The van der Waals surface area contributed by atoms with Gasteiger partial charge in [-0.3, -0.25) is 4.79 Å². The number of Topliss-reactive ketones (excluding diaryl/α,β-unsaturated/α-hetero) is 1. The molecule has 2 aromatic rings. The molecule has 1 N–H and O–H groups in total. The average Bonchev–Trinajstić information content (AvgIpc) is 2.53. The Labute approximate surface area is 125 Å². The van der Waals surface area contributed by atoms with Gasteiger partial charge in [0.1, 0.15) is 0 Å². The number of benzene rings is 2. The molecule has 2 heteroatoms. The summed E-state index contributed by atoms with van der Waals surface area (Å²) in [6.45, 7) is 3.53. The van der Waals surface area contributed by atoms with E-state index in [0.717, 1.165) is 5.56 Å². The van der Waals surface area contributed by atoms with Crippen LogP contribution in [0.5, 0.6) is 0 Å². The van der Waals surface area contributed by atoms with Crippen molar-refractivity contribution in [3.05, 3.63) is 77.9 Å². The largest absolute Gasteiger partial charge is 0.388 e. The maximum Gasteiger partial charge on any atom is 0.171 e. The summed E-state index contributed by atoms with van der Waals surface area (Å²) in [6, 6.07) is 18.8. The number of hydrogen-bond acceptors (Lipinski definition) is 2. The van der Waals surface area contributed by atoms with Crippen LogP contribution in [0.15, 0.2) is 66.7 Å². The van der Waals surface area contributed by atoms with Gasteiger partial charge in [0.25, 0.3) is 0 Å². The van der Waals surface area contributed by atoms with Crippen LogP contribution in [0.1, 0.15) is 29.8 Å². The molecular weight excluding hydrogens is 260 g/mol. The van der Waals surface area contributed by atoms with Crippen LogP contribution in [0, 0.1) is 5.41 Å². The molecule has 0 unspecified atom stereocenters. The molecule has 0 aliphatic heterocycles. The van der Waals surface area contributed by atoms with E-state index in [1.54, 1.807) is 32.1 Å². The fourth-order valence-corrected chi connectivity index (χ4v) is 2.10. The first-order chi connectivity index (χ1) is 10.0. The zero-order valence-electron chi connectivity index (χ0n) is 12.4. The number of aliphatic hydroxyl groups excluding tert-OH is 1. The Bertz CT molecular complexity index is 613. The topological polar surface area (TPSA) is 37.3 Å². The zero-order valence-corrected chi connectivity index (χ0v) is 12.4. The molecule has 0 bridgehead atoms. The molecule has 0 spiro atoms. The number of hydrogen-bond donors (Lipinski definition) is 1. The van der Waals surface area contributed by atoms with Gasteiger partial charge in [0.05, 0.1) is 11.5 Å². The van der Waals surface area contributed by atoms with E-state index in [9.17, 15) is 9.90 Å². The number of rotatable bonds is 5. The maximum atomic E-state index is 12.5. The monoisotopic (exact) mass is 280 g/mol. The Hall–Kier alpha value is -2.19. The van der Waals surface area contributed by atoms with Gasteiger partial charge >= 0.3 is 0 Å². The molecule has 0 aliphatic rings. The highest BCUT2D eigenvalue weighted by molar-refractivity contribution is 6.00. The van der Waals surface area contributed by atoms with Crippen molar-refractivity contribution in [2.24, 2.45) is 5.41 Å². The van der Waals surface area contributed by atoms with E-state index in [0.29, 0.717) is 5.56 Å². The third-order valence-corrected chi connectivity index (χ3v) is 3.63. The van der Waals surface area contributed by atoms with E-state index in [4.69, 9.17) is 0 Å². The fraction of sp³-hybridized carbons (Fsp3) is 0.211. The summed E-state index contributed by atoms with van der Waals surface area (Å²) >= 11 is 0. The first kappa shape index (κ1) is 15.2. The minimum Gasteiger partial charge on any atom is -0.388 e. The maximum absolute atomic E-state index is 12.5. The van der Waals surface area contributed by atoms with Crippen molar-refractivity contribution in [1.82, 2.24) is 0 Å². The number of carbonyl (C=O) groups is 1. The molecular formula is C19H20O2. The molecule has 0 heterocycles. The Morgan fingerprint density at radius 1 is 1.00 bits per heavy atom. The number of ketones is 1. The number of aliphatic hydroxyl groups is 1. The molecule has 0 aliphatic carbocycles. The molecule has 108 valence electrons. The predicted octanol–water partition coefficient (Wildman–Crippen LogP) is 3.97. The normalized spacial score (nSPS) is 13.3. The third kappa shape index (κ3) is 3.67. The van der Waals surface area contributed by atoms with E-state index < -0.39 is 11.5 Å². The van der Waals surface area contributed by atoms with E-state index in [1.165, 1.54) is 0 Å². The second-order valence-electron chi connectivity index (χ2n) is 5.63. The standard InChI is InChI=1S/C19H20O2/c1-19(2,18(21)16-11-7-4-8-12-16)17(20)14-13-15-9-5-3-6-10-15/h3-14,17,20H,1-2H3/b14-13+/t17-/m0/s1.